The van der Waals surface area contributed by atoms with Crippen LogP contribution in [0.1, 0.15) is 13.8 Å². The zero-order valence-electron chi connectivity index (χ0n) is 8.23. The van der Waals surface area contributed by atoms with Gasteiger partial charge in [-0.25, -0.2) is 4.79 Å². The summed E-state index contributed by atoms with van der Waals surface area (Å²) < 4.78 is -1.61. The average Bonchev–Trinajstić information content (AvgIpc) is 2.35. The molecule has 2 heterocycles. The Labute approximate surface area is 99.5 Å². The molecule has 0 radical (unpaired) electrons. The predicted octanol–water partition coefficient (Wildman–Crippen LogP) is 0.183. The van der Waals surface area contributed by atoms with Crippen LogP contribution in [0.15, 0.2) is 0 Å². The molecular formula is C8H11BrN2O3S. The maximum absolute atomic E-state index is 11.6. The van der Waals surface area contributed by atoms with E-state index in [2.05, 4.69) is 15.9 Å². The van der Waals surface area contributed by atoms with E-state index in [-0.39, 0.29) is 11.3 Å². The molecule has 0 spiro atoms. The van der Waals surface area contributed by atoms with Crippen LogP contribution in [0, 0.1) is 0 Å². The quantitative estimate of drug-likeness (QED) is 0.410. The molecule has 2 rings (SSSR count). The number of fused-ring (bicyclic) bond motifs is 1. The minimum absolute atomic E-state index is 0.291. The van der Waals surface area contributed by atoms with Crippen molar-refractivity contribution in [1.82, 2.24) is 4.90 Å². The summed E-state index contributed by atoms with van der Waals surface area (Å²) in [7, 11) is 0. The van der Waals surface area contributed by atoms with Gasteiger partial charge in [0.1, 0.15) is 11.4 Å². The van der Waals surface area contributed by atoms with E-state index in [0.717, 1.165) is 0 Å². The highest BCUT2D eigenvalue weighted by molar-refractivity contribution is 9.10. The number of nitrogens with zero attached hydrogens (tertiary/aromatic N) is 1. The summed E-state index contributed by atoms with van der Waals surface area (Å²) in [5, 5.41) is 8.80. The summed E-state index contributed by atoms with van der Waals surface area (Å²) in [4.78, 5) is 24.1. The summed E-state index contributed by atoms with van der Waals surface area (Å²) in [5.74, 6) is -1.33. The lowest BCUT2D eigenvalue weighted by atomic mass is 9.96. The lowest BCUT2D eigenvalue weighted by Gasteiger charge is -2.47. The van der Waals surface area contributed by atoms with Crippen molar-refractivity contribution in [2.75, 3.05) is 0 Å². The number of hydrogen-bond donors (Lipinski definition) is 2. The van der Waals surface area contributed by atoms with Crippen molar-refractivity contribution < 1.29 is 14.7 Å². The molecule has 0 bridgehead atoms. The smallest absolute Gasteiger partial charge is 0.327 e. The van der Waals surface area contributed by atoms with E-state index in [1.165, 1.54) is 16.7 Å². The van der Waals surface area contributed by atoms with Gasteiger partial charge in [0.15, 0.2) is 4.45 Å². The third-order valence-electron chi connectivity index (χ3n) is 2.76. The fourth-order valence-electron chi connectivity index (χ4n) is 2.04. The van der Waals surface area contributed by atoms with Gasteiger partial charge in [-0.3, -0.25) is 4.79 Å². The second-order valence-corrected chi connectivity index (χ2v) is 7.34. The molecule has 7 heteroatoms. The van der Waals surface area contributed by atoms with Gasteiger partial charge < -0.3 is 15.7 Å². The molecule has 2 saturated heterocycles. The number of aliphatic carboxylic acids is 1. The lowest BCUT2D eigenvalue weighted by molar-refractivity contribution is -0.160. The van der Waals surface area contributed by atoms with Crippen molar-refractivity contribution in [2.24, 2.45) is 5.73 Å². The zero-order valence-corrected chi connectivity index (χ0v) is 10.6. The lowest BCUT2D eigenvalue weighted by Crippen LogP contribution is -2.74. The molecule has 0 aliphatic carbocycles. The van der Waals surface area contributed by atoms with Gasteiger partial charge in [-0.05, 0) is 13.8 Å². The van der Waals surface area contributed by atoms with Crippen LogP contribution in [0.5, 0.6) is 0 Å². The Kier molecular flexibility index (Phi) is 2.16. The number of thioether (sulfide) groups is 1. The van der Waals surface area contributed by atoms with Crippen LogP contribution in [-0.2, 0) is 9.59 Å². The van der Waals surface area contributed by atoms with Crippen LogP contribution in [0.4, 0.5) is 0 Å². The molecule has 3 atom stereocenters. The van der Waals surface area contributed by atoms with E-state index in [0.29, 0.717) is 0 Å². The van der Waals surface area contributed by atoms with E-state index in [4.69, 9.17) is 10.8 Å². The van der Waals surface area contributed by atoms with Crippen molar-refractivity contribution in [3.8, 4) is 0 Å². The van der Waals surface area contributed by atoms with Crippen molar-refractivity contribution in [3.63, 3.8) is 0 Å². The Morgan fingerprint density at radius 1 is 1.67 bits per heavy atom. The molecule has 3 N–H and O–H groups in total. The number of carbonyl (C=O) groups excluding carboxylic acids is 1. The van der Waals surface area contributed by atoms with E-state index in [9.17, 15) is 9.59 Å². The third-order valence-corrected chi connectivity index (χ3v) is 5.49. The van der Waals surface area contributed by atoms with E-state index < -0.39 is 21.2 Å². The van der Waals surface area contributed by atoms with E-state index in [1.54, 1.807) is 0 Å². The number of halogens is 1. The molecule has 1 amide bonds. The van der Waals surface area contributed by atoms with E-state index in [1.807, 2.05) is 13.8 Å². The first-order valence-electron chi connectivity index (χ1n) is 4.41. The van der Waals surface area contributed by atoms with Crippen molar-refractivity contribution >= 4 is 39.6 Å². The van der Waals surface area contributed by atoms with Gasteiger partial charge in [0.2, 0.25) is 0 Å². The first-order valence-corrected chi connectivity index (χ1v) is 6.08. The normalized spacial score (nSPS) is 42.4. The SMILES string of the molecule is CC1(C)S[C@H]2N(C(=O)[C@@]2(N)Br)[C@H]1C(=O)O. The Morgan fingerprint density at radius 3 is 2.67 bits per heavy atom. The summed E-state index contributed by atoms with van der Waals surface area (Å²) in [6.07, 6.45) is 0. The van der Waals surface area contributed by atoms with Crippen LogP contribution >= 0.6 is 27.7 Å². The second kappa shape index (κ2) is 2.89. The summed E-state index contributed by atoms with van der Waals surface area (Å²) >= 11 is 4.55. The van der Waals surface area contributed by atoms with Gasteiger partial charge in [0.25, 0.3) is 5.91 Å². The molecule has 2 aliphatic heterocycles. The van der Waals surface area contributed by atoms with Crippen LogP contribution in [0.2, 0.25) is 0 Å². The van der Waals surface area contributed by atoms with Gasteiger partial charge in [-0.15, -0.1) is 11.8 Å². The van der Waals surface area contributed by atoms with Crippen LogP contribution in [-0.4, -0.2) is 42.5 Å². The maximum atomic E-state index is 11.6. The fourth-order valence-corrected chi connectivity index (χ4v) is 4.27. The molecule has 0 saturated carbocycles. The monoisotopic (exact) mass is 294 g/mol. The largest absolute Gasteiger partial charge is 0.480 e. The minimum Gasteiger partial charge on any atom is -0.480 e. The summed E-state index contributed by atoms with van der Waals surface area (Å²) in [5.41, 5.74) is 5.75. The standard InChI is InChI=1S/C8H11BrN2O3S/c1-7(2)3(4(12)13)11-5(14)8(9,10)6(11)15-7/h3,6H,10H2,1-2H3,(H,12,13)/t3-,6+,8-/m0/s1. The van der Waals surface area contributed by atoms with Crippen molar-refractivity contribution in [3.05, 3.63) is 0 Å². The molecule has 5 nitrogen and oxygen atoms in total. The maximum Gasteiger partial charge on any atom is 0.327 e. The highest BCUT2D eigenvalue weighted by atomic mass is 79.9. The summed E-state index contributed by atoms with van der Waals surface area (Å²) in [6, 6.07) is -0.797. The third kappa shape index (κ3) is 1.26. The fraction of sp³-hybridized carbons (Fsp3) is 0.750. The number of carboxylic acids is 1. The first kappa shape index (κ1) is 11.2. The molecule has 15 heavy (non-hydrogen) atoms. The number of alkyl halides is 1. The molecular weight excluding hydrogens is 284 g/mol. The van der Waals surface area contributed by atoms with Gasteiger partial charge in [-0.2, -0.15) is 0 Å². The van der Waals surface area contributed by atoms with Gasteiger partial charge in [0.05, 0.1) is 0 Å². The number of carboxylic acid groups (broad SMARTS) is 1. The van der Waals surface area contributed by atoms with Crippen LogP contribution < -0.4 is 5.73 Å². The number of hydrogen-bond acceptors (Lipinski definition) is 4. The topological polar surface area (TPSA) is 83.6 Å². The van der Waals surface area contributed by atoms with Gasteiger partial charge in [-0.1, -0.05) is 15.9 Å². The van der Waals surface area contributed by atoms with Gasteiger partial charge >= 0.3 is 5.97 Å². The Balaban J connectivity index is 2.37. The number of rotatable bonds is 1. The molecule has 0 aromatic rings. The Bertz CT molecular complexity index is 358. The van der Waals surface area contributed by atoms with E-state index >= 15 is 0 Å². The number of carbonyl (C=O) groups is 2. The van der Waals surface area contributed by atoms with Crippen LogP contribution in [0.25, 0.3) is 0 Å². The number of β-lactam (4-membered cyclic amide) rings is 1. The average molecular weight is 295 g/mol. The summed E-state index contributed by atoms with van der Waals surface area (Å²) in [6.45, 7) is 3.62. The van der Waals surface area contributed by atoms with Crippen molar-refractivity contribution in [2.45, 2.75) is 34.5 Å². The predicted molar refractivity (Wildman–Crippen MR) is 59.6 cm³/mol. The molecule has 0 aromatic heterocycles. The molecule has 2 aliphatic rings. The molecule has 0 aromatic carbocycles. The highest BCUT2D eigenvalue weighted by Crippen LogP contribution is 2.55. The molecule has 2 fully saturated rings. The van der Waals surface area contributed by atoms with Crippen molar-refractivity contribution in [1.29, 1.82) is 0 Å². The molecule has 0 unspecified atom stereocenters. The molecule has 84 valence electrons. The number of nitrogens with two attached hydrogens (primary N) is 1. The Morgan fingerprint density at radius 2 is 2.20 bits per heavy atom. The number of amides is 1. The van der Waals surface area contributed by atoms with Gasteiger partial charge in [0, 0.05) is 4.75 Å². The minimum atomic E-state index is -1.10. The second-order valence-electron chi connectivity index (χ2n) is 4.29. The zero-order chi connectivity index (χ0) is 11.6. The Hall–Kier alpha value is -0.270. The first-order chi connectivity index (χ1) is 6.69. The van der Waals surface area contributed by atoms with Crippen LogP contribution in [0.3, 0.4) is 0 Å². The highest BCUT2D eigenvalue weighted by Gasteiger charge is 2.69.